The lowest BCUT2D eigenvalue weighted by atomic mass is 9.97. The van der Waals surface area contributed by atoms with E-state index in [1.807, 2.05) is 0 Å². The molecule has 2 aliphatic rings. The second-order valence-corrected chi connectivity index (χ2v) is 7.05. The van der Waals surface area contributed by atoms with Crippen molar-refractivity contribution in [1.29, 1.82) is 0 Å². The van der Waals surface area contributed by atoms with Crippen LogP contribution in [0.2, 0.25) is 0 Å². The fraction of sp³-hybridized carbons (Fsp3) is 0.667. The van der Waals surface area contributed by atoms with Crippen molar-refractivity contribution in [3.63, 3.8) is 0 Å². The van der Waals surface area contributed by atoms with E-state index in [1.54, 1.807) is 0 Å². The van der Waals surface area contributed by atoms with Crippen LogP contribution in [0.4, 0.5) is 0 Å². The maximum absolute atomic E-state index is 3.80. The lowest BCUT2D eigenvalue weighted by molar-refractivity contribution is 0.100. The summed E-state index contributed by atoms with van der Waals surface area (Å²) in [7, 11) is 0. The quantitative estimate of drug-likeness (QED) is 0.885. The Morgan fingerprint density at radius 1 is 1.20 bits per heavy atom. The van der Waals surface area contributed by atoms with E-state index >= 15 is 0 Å². The molecule has 1 aliphatic heterocycles. The van der Waals surface area contributed by atoms with Gasteiger partial charge in [-0.3, -0.25) is 4.90 Å². The molecule has 2 nitrogen and oxygen atoms in total. The summed E-state index contributed by atoms with van der Waals surface area (Å²) in [5.74, 6) is 1.73. The molecule has 2 atom stereocenters. The second kappa shape index (κ2) is 6.28. The molecular formula is C18H28N2. The lowest BCUT2D eigenvalue weighted by Crippen LogP contribution is -2.57. The summed E-state index contributed by atoms with van der Waals surface area (Å²) < 4.78 is 0. The minimum absolute atomic E-state index is 0.675. The molecule has 2 fully saturated rings. The molecule has 0 bridgehead atoms. The number of piperazine rings is 1. The summed E-state index contributed by atoms with van der Waals surface area (Å²) >= 11 is 0. The van der Waals surface area contributed by atoms with E-state index in [0.29, 0.717) is 6.04 Å². The van der Waals surface area contributed by atoms with Gasteiger partial charge < -0.3 is 5.32 Å². The predicted molar refractivity (Wildman–Crippen MR) is 84.6 cm³/mol. The number of nitrogens with zero attached hydrogens (tertiary/aromatic N) is 1. The molecule has 1 saturated heterocycles. The zero-order valence-electron chi connectivity index (χ0n) is 12.9. The average Bonchev–Trinajstić information content (AvgIpc) is 3.24. The maximum atomic E-state index is 3.80. The first kappa shape index (κ1) is 14.1. The van der Waals surface area contributed by atoms with Crippen LogP contribution in [0.3, 0.4) is 0 Å². The standard InChI is InChI=1S/C18H28N2/c1-14(2)10-17-13-20(12-15-6-4-3-5-7-15)18(11-19-17)16-8-9-16/h3-7,14,16-19H,8-13H2,1-2H3. The van der Waals surface area contributed by atoms with Gasteiger partial charge in [0, 0.05) is 31.7 Å². The molecule has 3 rings (SSSR count). The van der Waals surface area contributed by atoms with E-state index in [4.69, 9.17) is 0 Å². The molecule has 1 aromatic rings. The summed E-state index contributed by atoms with van der Waals surface area (Å²) in [6.07, 6.45) is 4.17. The van der Waals surface area contributed by atoms with E-state index in [0.717, 1.165) is 24.4 Å². The molecule has 0 aromatic heterocycles. The summed E-state index contributed by atoms with van der Waals surface area (Å²) in [6.45, 7) is 8.19. The van der Waals surface area contributed by atoms with Crippen molar-refractivity contribution in [3.05, 3.63) is 35.9 Å². The minimum Gasteiger partial charge on any atom is -0.311 e. The molecule has 2 unspecified atom stereocenters. The van der Waals surface area contributed by atoms with Crippen LogP contribution in [0.25, 0.3) is 0 Å². The number of hydrogen-bond acceptors (Lipinski definition) is 2. The average molecular weight is 272 g/mol. The molecule has 1 aromatic carbocycles. The smallest absolute Gasteiger partial charge is 0.0253 e. The third kappa shape index (κ3) is 3.62. The first-order valence-corrected chi connectivity index (χ1v) is 8.23. The Labute approximate surface area is 123 Å². The molecule has 1 saturated carbocycles. The first-order chi connectivity index (χ1) is 9.72. The highest BCUT2D eigenvalue weighted by Gasteiger charge is 2.38. The van der Waals surface area contributed by atoms with Gasteiger partial charge in [0.2, 0.25) is 0 Å². The van der Waals surface area contributed by atoms with Gasteiger partial charge in [-0.05, 0) is 36.7 Å². The Bertz CT molecular complexity index is 411. The highest BCUT2D eigenvalue weighted by molar-refractivity contribution is 5.15. The molecule has 20 heavy (non-hydrogen) atoms. The summed E-state index contributed by atoms with van der Waals surface area (Å²) in [5.41, 5.74) is 1.46. The largest absolute Gasteiger partial charge is 0.311 e. The fourth-order valence-electron chi connectivity index (χ4n) is 3.57. The van der Waals surface area contributed by atoms with Gasteiger partial charge in [-0.2, -0.15) is 0 Å². The van der Waals surface area contributed by atoms with Gasteiger partial charge in [-0.25, -0.2) is 0 Å². The van der Waals surface area contributed by atoms with E-state index in [9.17, 15) is 0 Å². The van der Waals surface area contributed by atoms with Crippen molar-refractivity contribution < 1.29 is 0 Å². The molecule has 1 aliphatic carbocycles. The van der Waals surface area contributed by atoms with Crippen LogP contribution in [0.1, 0.15) is 38.7 Å². The first-order valence-electron chi connectivity index (χ1n) is 8.23. The Kier molecular flexibility index (Phi) is 4.42. The van der Waals surface area contributed by atoms with Crippen molar-refractivity contribution in [2.24, 2.45) is 11.8 Å². The molecule has 0 radical (unpaired) electrons. The summed E-state index contributed by atoms with van der Waals surface area (Å²) in [5, 5.41) is 3.80. The third-order valence-electron chi connectivity index (χ3n) is 4.69. The summed E-state index contributed by atoms with van der Waals surface area (Å²) in [6, 6.07) is 12.4. The van der Waals surface area contributed by atoms with Gasteiger partial charge in [0.05, 0.1) is 0 Å². The van der Waals surface area contributed by atoms with E-state index in [-0.39, 0.29) is 0 Å². The monoisotopic (exact) mass is 272 g/mol. The van der Waals surface area contributed by atoms with Gasteiger partial charge in [0.15, 0.2) is 0 Å². The van der Waals surface area contributed by atoms with Crippen molar-refractivity contribution in [3.8, 4) is 0 Å². The third-order valence-corrected chi connectivity index (χ3v) is 4.69. The van der Waals surface area contributed by atoms with Crippen LogP contribution in [0.15, 0.2) is 30.3 Å². The van der Waals surface area contributed by atoms with Gasteiger partial charge >= 0.3 is 0 Å². The highest BCUT2D eigenvalue weighted by Crippen LogP contribution is 2.37. The van der Waals surface area contributed by atoms with Gasteiger partial charge in [-0.15, -0.1) is 0 Å². The van der Waals surface area contributed by atoms with E-state index in [1.165, 1.54) is 37.9 Å². The van der Waals surface area contributed by atoms with Gasteiger partial charge in [0.1, 0.15) is 0 Å². The zero-order chi connectivity index (χ0) is 13.9. The molecule has 0 amide bonds. The molecule has 1 N–H and O–H groups in total. The minimum atomic E-state index is 0.675. The molecule has 2 heteroatoms. The van der Waals surface area contributed by atoms with Crippen molar-refractivity contribution in [2.75, 3.05) is 13.1 Å². The summed E-state index contributed by atoms with van der Waals surface area (Å²) in [4.78, 5) is 2.75. The van der Waals surface area contributed by atoms with Crippen LogP contribution >= 0.6 is 0 Å². The molecular weight excluding hydrogens is 244 g/mol. The predicted octanol–water partition coefficient (Wildman–Crippen LogP) is 3.29. The Hall–Kier alpha value is -0.860. The molecule has 1 heterocycles. The molecule has 0 spiro atoms. The number of nitrogens with one attached hydrogen (secondary N) is 1. The molecule has 110 valence electrons. The van der Waals surface area contributed by atoms with Gasteiger partial charge in [0.25, 0.3) is 0 Å². The van der Waals surface area contributed by atoms with Gasteiger partial charge in [-0.1, -0.05) is 44.2 Å². The number of benzene rings is 1. The SMILES string of the molecule is CC(C)CC1CN(Cc2ccccc2)C(C2CC2)CN1. The second-order valence-electron chi connectivity index (χ2n) is 7.05. The fourth-order valence-corrected chi connectivity index (χ4v) is 3.57. The Morgan fingerprint density at radius 2 is 1.95 bits per heavy atom. The zero-order valence-corrected chi connectivity index (χ0v) is 12.9. The van der Waals surface area contributed by atoms with Crippen molar-refractivity contribution in [1.82, 2.24) is 10.2 Å². The maximum Gasteiger partial charge on any atom is 0.0253 e. The van der Waals surface area contributed by atoms with Crippen LogP contribution in [0, 0.1) is 11.8 Å². The Balaban J connectivity index is 1.65. The Morgan fingerprint density at radius 3 is 2.60 bits per heavy atom. The van der Waals surface area contributed by atoms with E-state index in [2.05, 4.69) is 54.4 Å². The topological polar surface area (TPSA) is 15.3 Å². The number of rotatable bonds is 5. The number of hydrogen-bond donors (Lipinski definition) is 1. The van der Waals surface area contributed by atoms with Crippen molar-refractivity contribution in [2.45, 2.75) is 51.7 Å². The lowest BCUT2D eigenvalue weighted by Gasteiger charge is -2.41. The van der Waals surface area contributed by atoms with Crippen LogP contribution in [-0.2, 0) is 6.54 Å². The van der Waals surface area contributed by atoms with Crippen LogP contribution in [0.5, 0.6) is 0 Å². The van der Waals surface area contributed by atoms with Crippen LogP contribution < -0.4 is 5.32 Å². The highest BCUT2D eigenvalue weighted by atomic mass is 15.2. The van der Waals surface area contributed by atoms with Crippen LogP contribution in [-0.4, -0.2) is 30.1 Å². The van der Waals surface area contributed by atoms with E-state index < -0.39 is 0 Å². The van der Waals surface area contributed by atoms with Crippen molar-refractivity contribution >= 4 is 0 Å². The normalized spacial score (nSPS) is 27.9.